The third-order valence-electron chi connectivity index (χ3n) is 5.36. The molecule has 0 saturated carbocycles. The Morgan fingerprint density at radius 1 is 1.30 bits per heavy atom. The third-order valence-corrected chi connectivity index (χ3v) is 5.69. The highest BCUT2D eigenvalue weighted by molar-refractivity contribution is 6.34. The van der Waals surface area contributed by atoms with Crippen molar-refractivity contribution in [3.05, 3.63) is 34.9 Å². The Morgan fingerprint density at radius 3 is 2.67 bits per heavy atom. The van der Waals surface area contributed by atoms with E-state index in [2.05, 4.69) is 29.5 Å². The van der Waals surface area contributed by atoms with Crippen LogP contribution in [0.25, 0.3) is 0 Å². The number of ether oxygens (including phenoxy) is 1. The molecule has 6 nitrogen and oxygen atoms in total. The molecule has 1 fully saturated rings. The second kappa shape index (κ2) is 8.17. The molecule has 148 valence electrons. The molecule has 3 rings (SSSR count). The first-order valence-corrected chi connectivity index (χ1v) is 9.72. The monoisotopic (exact) mass is 393 g/mol. The molecular formula is C20H28ClN3O3. The number of carbonyl (C=O) groups is 1. The molecule has 0 spiro atoms. The second-order valence-corrected chi connectivity index (χ2v) is 8.46. The van der Waals surface area contributed by atoms with Crippen molar-refractivity contribution in [2.75, 3.05) is 40.4 Å². The average Bonchev–Trinajstić information content (AvgIpc) is 3.04. The molecule has 1 aromatic rings. The lowest BCUT2D eigenvalue weighted by molar-refractivity contribution is -0.142. The Labute approximate surface area is 165 Å². The summed E-state index contributed by atoms with van der Waals surface area (Å²) in [5.74, 6) is -0.141. The maximum absolute atomic E-state index is 12.9. The first kappa shape index (κ1) is 20.1. The molecule has 1 amide bonds. The van der Waals surface area contributed by atoms with Crippen LogP contribution in [-0.4, -0.2) is 62.5 Å². The fourth-order valence-electron chi connectivity index (χ4n) is 3.82. The fraction of sp³-hybridized carbons (Fsp3) is 0.600. The average molecular weight is 394 g/mol. The van der Waals surface area contributed by atoms with E-state index in [1.54, 1.807) is 6.92 Å². The van der Waals surface area contributed by atoms with E-state index in [0.29, 0.717) is 23.7 Å². The first-order valence-electron chi connectivity index (χ1n) is 9.34. The van der Waals surface area contributed by atoms with Crippen molar-refractivity contribution in [3.63, 3.8) is 0 Å². The van der Waals surface area contributed by atoms with E-state index in [0.717, 1.165) is 38.2 Å². The van der Waals surface area contributed by atoms with Crippen molar-refractivity contribution in [3.8, 4) is 0 Å². The van der Waals surface area contributed by atoms with E-state index < -0.39 is 5.60 Å². The zero-order valence-electron chi connectivity index (χ0n) is 16.3. The summed E-state index contributed by atoms with van der Waals surface area (Å²) in [4.78, 5) is 20.6. The molecule has 0 aromatic heterocycles. The van der Waals surface area contributed by atoms with Crippen LogP contribution in [0, 0.1) is 5.41 Å². The Bertz CT molecular complexity index is 716. The Hall–Kier alpha value is -1.63. The zero-order valence-corrected chi connectivity index (χ0v) is 17.0. The number of oxime groups is 1. The maximum Gasteiger partial charge on any atom is 0.267 e. The largest absolute Gasteiger partial charge is 0.381 e. The van der Waals surface area contributed by atoms with E-state index in [9.17, 15) is 4.79 Å². The molecule has 2 heterocycles. The Kier molecular flexibility index (Phi) is 6.08. The summed E-state index contributed by atoms with van der Waals surface area (Å²) in [5.41, 5.74) is 0.522. The number of hydrogen-bond acceptors (Lipinski definition) is 5. The van der Waals surface area contributed by atoms with Gasteiger partial charge in [-0.2, -0.15) is 0 Å². The number of amides is 1. The summed E-state index contributed by atoms with van der Waals surface area (Å²) < 4.78 is 5.52. The minimum Gasteiger partial charge on any atom is -0.381 e. The van der Waals surface area contributed by atoms with Crippen LogP contribution in [0.5, 0.6) is 0 Å². The highest BCUT2D eigenvalue weighted by Gasteiger charge is 2.44. The van der Waals surface area contributed by atoms with Crippen LogP contribution in [0.2, 0.25) is 5.02 Å². The van der Waals surface area contributed by atoms with Gasteiger partial charge in [-0.15, -0.1) is 0 Å². The van der Waals surface area contributed by atoms with Crippen molar-refractivity contribution in [2.24, 2.45) is 10.6 Å². The molecule has 1 unspecified atom stereocenters. The SMILES string of the molecule is CN(C)CC1(CNC(=O)C2(C)CC(c3ccccc3Cl)=NO2)CCOCC1. The second-order valence-electron chi connectivity index (χ2n) is 8.05. The van der Waals surface area contributed by atoms with Crippen molar-refractivity contribution < 1.29 is 14.4 Å². The summed E-state index contributed by atoms with van der Waals surface area (Å²) >= 11 is 6.25. The van der Waals surface area contributed by atoms with Gasteiger partial charge >= 0.3 is 0 Å². The molecule has 0 radical (unpaired) electrons. The summed E-state index contributed by atoms with van der Waals surface area (Å²) in [7, 11) is 4.12. The van der Waals surface area contributed by atoms with Crippen molar-refractivity contribution in [2.45, 2.75) is 31.8 Å². The van der Waals surface area contributed by atoms with Gasteiger partial charge in [0.05, 0.1) is 5.71 Å². The van der Waals surface area contributed by atoms with Crippen LogP contribution in [0.3, 0.4) is 0 Å². The van der Waals surface area contributed by atoms with Crippen LogP contribution in [-0.2, 0) is 14.4 Å². The van der Waals surface area contributed by atoms with Crippen LogP contribution < -0.4 is 5.32 Å². The van der Waals surface area contributed by atoms with Crippen molar-refractivity contribution in [1.29, 1.82) is 0 Å². The molecule has 1 aromatic carbocycles. The fourth-order valence-corrected chi connectivity index (χ4v) is 4.07. The summed E-state index contributed by atoms with van der Waals surface area (Å²) in [5, 5.41) is 7.87. The quantitative estimate of drug-likeness (QED) is 0.807. The van der Waals surface area contributed by atoms with E-state index in [4.69, 9.17) is 21.2 Å². The number of carbonyl (C=O) groups excluding carboxylic acids is 1. The Balaban J connectivity index is 1.63. The molecule has 1 atom stereocenters. The third kappa shape index (κ3) is 4.62. The van der Waals surface area contributed by atoms with E-state index in [1.807, 2.05) is 24.3 Å². The normalized spacial score (nSPS) is 24.4. The number of rotatable bonds is 6. The molecule has 2 aliphatic rings. The zero-order chi connectivity index (χ0) is 19.5. The smallest absolute Gasteiger partial charge is 0.267 e. The number of benzene rings is 1. The van der Waals surface area contributed by atoms with Crippen LogP contribution in [0.4, 0.5) is 0 Å². The number of nitrogens with one attached hydrogen (secondary N) is 1. The lowest BCUT2D eigenvalue weighted by atomic mass is 9.79. The van der Waals surface area contributed by atoms with Gasteiger partial charge < -0.3 is 19.8 Å². The predicted octanol–water partition coefficient (Wildman–Crippen LogP) is 2.70. The minimum atomic E-state index is -1.01. The number of hydrogen-bond donors (Lipinski definition) is 1. The summed E-state index contributed by atoms with van der Waals surface area (Å²) in [6.07, 6.45) is 2.27. The van der Waals surface area contributed by atoms with Crippen molar-refractivity contribution in [1.82, 2.24) is 10.2 Å². The van der Waals surface area contributed by atoms with Gasteiger partial charge in [-0.25, -0.2) is 0 Å². The molecule has 2 aliphatic heterocycles. The summed E-state index contributed by atoms with van der Waals surface area (Å²) in [6, 6.07) is 7.47. The van der Waals surface area contributed by atoms with Gasteiger partial charge in [0.25, 0.3) is 5.91 Å². The lowest BCUT2D eigenvalue weighted by Crippen LogP contribution is -2.52. The van der Waals surface area contributed by atoms with Crippen molar-refractivity contribution >= 4 is 23.2 Å². The van der Waals surface area contributed by atoms with Gasteiger partial charge in [-0.1, -0.05) is 35.0 Å². The van der Waals surface area contributed by atoms with Gasteiger partial charge in [-0.05, 0) is 39.9 Å². The molecule has 7 heteroatoms. The van der Waals surface area contributed by atoms with Gasteiger partial charge in [-0.3, -0.25) is 4.79 Å². The minimum absolute atomic E-state index is 0.0266. The van der Waals surface area contributed by atoms with E-state index in [1.165, 1.54) is 0 Å². The van der Waals surface area contributed by atoms with Crippen LogP contribution >= 0.6 is 11.6 Å². The molecular weight excluding hydrogens is 366 g/mol. The lowest BCUT2D eigenvalue weighted by Gasteiger charge is -2.39. The highest BCUT2D eigenvalue weighted by atomic mass is 35.5. The predicted molar refractivity (Wildman–Crippen MR) is 106 cm³/mol. The van der Waals surface area contributed by atoms with Crippen LogP contribution in [0.1, 0.15) is 31.7 Å². The molecule has 1 N–H and O–H groups in total. The maximum atomic E-state index is 12.9. The van der Waals surface area contributed by atoms with Gasteiger partial charge in [0.15, 0.2) is 0 Å². The molecule has 27 heavy (non-hydrogen) atoms. The Morgan fingerprint density at radius 2 is 2.00 bits per heavy atom. The molecule has 1 saturated heterocycles. The van der Waals surface area contributed by atoms with Gasteiger partial charge in [0.1, 0.15) is 0 Å². The van der Waals surface area contributed by atoms with Crippen LogP contribution in [0.15, 0.2) is 29.4 Å². The van der Waals surface area contributed by atoms with Gasteiger partial charge in [0, 0.05) is 48.7 Å². The summed E-state index contributed by atoms with van der Waals surface area (Å²) in [6.45, 7) is 4.76. The number of nitrogens with zero attached hydrogens (tertiary/aromatic N) is 2. The number of halogens is 1. The van der Waals surface area contributed by atoms with E-state index in [-0.39, 0.29) is 11.3 Å². The van der Waals surface area contributed by atoms with E-state index >= 15 is 0 Å². The topological polar surface area (TPSA) is 63.2 Å². The van der Waals surface area contributed by atoms with Gasteiger partial charge in [0.2, 0.25) is 5.60 Å². The first-order chi connectivity index (χ1) is 12.8. The highest BCUT2D eigenvalue weighted by Crippen LogP contribution is 2.32. The molecule has 0 bridgehead atoms. The molecule has 0 aliphatic carbocycles. The standard InChI is InChI=1S/C20H28ClN3O3/c1-19(12-17(23-27-19)15-6-4-5-7-16(15)21)18(25)22-13-20(14-24(2)3)8-10-26-11-9-20/h4-7H,8-14H2,1-3H3,(H,22,25).